The van der Waals surface area contributed by atoms with E-state index in [0.717, 1.165) is 5.56 Å². The first-order valence-corrected chi connectivity index (χ1v) is 8.49. The zero-order valence-corrected chi connectivity index (χ0v) is 14.1. The second-order valence-electron chi connectivity index (χ2n) is 5.97. The lowest BCUT2D eigenvalue weighted by Gasteiger charge is -2.26. The average Bonchev–Trinajstić information content (AvgIpc) is 2.65. The van der Waals surface area contributed by atoms with Gasteiger partial charge in [-0.2, -0.15) is 12.7 Å². The molecular formula is C14H18ClNO5S. The van der Waals surface area contributed by atoms with Gasteiger partial charge in [0.25, 0.3) is 0 Å². The highest BCUT2D eigenvalue weighted by molar-refractivity contribution is 7.85. The van der Waals surface area contributed by atoms with E-state index in [-0.39, 0.29) is 13.0 Å². The Morgan fingerprint density at radius 2 is 2.05 bits per heavy atom. The van der Waals surface area contributed by atoms with Crippen LogP contribution in [0.4, 0.5) is 4.79 Å². The summed E-state index contributed by atoms with van der Waals surface area (Å²) in [6, 6.07) is 6.38. The van der Waals surface area contributed by atoms with Crippen LogP contribution in [-0.2, 0) is 25.6 Å². The SMILES string of the molecule is CC(C)(C)OC(=O)N1C(Cc2ccccc2Cl)COS1(=O)=O. The minimum Gasteiger partial charge on any atom is -0.443 e. The molecule has 1 heterocycles. The second-order valence-corrected chi connectivity index (χ2v) is 7.86. The van der Waals surface area contributed by atoms with E-state index in [4.69, 9.17) is 20.5 Å². The molecule has 1 aromatic rings. The molecule has 122 valence electrons. The fourth-order valence-corrected chi connectivity index (χ4v) is 3.45. The van der Waals surface area contributed by atoms with Gasteiger partial charge in [0.2, 0.25) is 0 Å². The quantitative estimate of drug-likeness (QED) is 0.822. The topological polar surface area (TPSA) is 72.9 Å². The fourth-order valence-electron chi connectivity index (χ4n) is 2.08. The van der Waals surface area contributed by atoms with Crippen LogP contribution >= 0.6 is 11.6 Å². The number of benzene rings is 1. The Morgan fingerprint density at radius 1 is 1.41 bits per heavy atom. The number of halogens is 1. The van der Waals surface area contributed by atoms with Crippen molar-refractivity contribution in [3.8, 4) is 0 Å². The Hall–Kier alpha value is -1.31. The van der Waals surface area contributed by atoms with Gasteiger partial charge in [-0.05, 0) is 38.8 Å². The lowest BCUT2D eigenvalue weighted by Crippen LogP contribution is -2.43. The molecule has 1 aliphatic heterocycles. The van der Waals surface area contributed by atoms with Gasteiger partial charge in [-0.25, -0.2) is 4.79 Å². The van der Waals surface area contributed by atoms with Crippen molar-refractivity contribution in [1.29, 1.82) is 0 Å². The number of ether oxygens (including phenoxy) is 1. The summed E-state index contributed by atoms with van der Waals surface area (Å²) in [5.74, 6) is 0. The molecular weight excluding hydrogens is 330 g/mol. The average molecular weight is 348 g/mol. The van der Waals surface area contributed by atoms with Crippen molar-refractivity contribution in [3.05, 3.63) is 34.9 Å². The van der Waals surface area contributed by atoms with Crippen molar-refractivity contribution in [2.75, 3.05) is 6.61 Å². The Bertz CT molecular complexity index is 668. The zero-order chi connectivity index (χ0) is 16.5. The standard InChI is InChI=1S/C14H18ClNO5S/c1-14(2,3)21-13(17)16-11(9-20-22(16,18)19)8-10-6-4-5-7-12(10)15/h4-7,11H,8-9H2,1-3H3. The second kappa shape index (κ2) is 6.06. The van der Waals surface area contributed by atoms with E-state index in [2.05, 4.69) is 0 Å². The molecule has 0 radical (unpaired) electrons. The number of hydrogen-bond acceptors (Lipinski definition) is 5. The monoisotopic (exact) mass is 347 g/mol. The lowest BCUT2D eigenvalue weighted by atomic mass is 10.1. The Morgan fingerprint density at radius 3 is 2.64 bits per heavy atom. The molecule has 0 N–H and O–H groups in total. The van der Waals surface area contributed by atoms with Crippen molar-refractivity contribution < 1.29 is 22.1 Å². The van der Waals surface area contributed by atoms with Gasteiger partial charge in [0.15, 0.2) is 0 Å². The number of rotatable bonds is 2. The van der Waals surface area contributed by atoms with Crippen LogP contribution in [0.3, 0.4) is 0 Å². The molecule has 1 aromatic carbocycles. The number of carbonyl (C=O) groups excluding carboxylic acids is 1. The van der Waals surface area contributed by atoms with Crippen LogP contribution in [-0.4, -0.2) is 37.1 Å². The predicted molar refractivity (Wildman–Crippen MR) is 81.9 cm³/mol. The summed E-state index contributed by atoms with van der Waals surface area (Å²) in [6.07, 6.45) is -0.680. The third-order valence-corrected chi connectivity index (χ3v) is 4.70. The minimum atomic E-state index is -4.13. The van der Waals surface area contributed by atoms with Gasteiger partial charge in [0.05, 0.1) is 12.6 Å². The summed E-state index contributed by atoms with van der Waals surface area (Å²) in [7, 11) is -4.13. The van der Waals surface area contributed by atoms with E-state index >= 15 is 0 Å². The van der Waals surface area contributed by atoms with Crippen LogP contribution in [0.5, 0.6) is 0 Å². The molecule has 1 amide bonds. The summed E-state index contributed by atoms with van der Waals surface area (Å²) >= 11 is 6.08. The van der Waals surface area contributed by atoms with E-state index in [0.29, 0.717) is 9.33 Å². The Kier molecular flexibility index (Phi) is 4.70. The molecule has 0 spiro atoms. The summed E-state index contributed by atoms with van der Waals surface area (Å²) < 4.78 is 34.5. The van der Waals surface area contributed by atoms with Gasteiger partial charge in [0.1, 0.15) is 5.60 Å². The van der Waals surface area contributed by atoms with Crippen LogP contribution in [0, 0.1) is 0 Å². The first kappa shape index (κ1) is 17.1. The van der Waals surface area contributed by atoms with Crippen molar-refractivity contribution in [1.82, 2.24) is 4.31 Å². The summed E-state index contributed by atoms with van der Waals surface area (Å²) in [5, 5.41) is 0.510. The minimum absolute atomic E-state index is 0.118. The van der Waals surface area contributed by atoms with Crippen LogP contribution in [0.25, 0.3) is 0 Å². The van der Waals surface area contributed by atoms with Crippen LogP contribution in [0.15, 0.2) is 24.3 Å². The third-order valence-electron chi connectivity index (χ3n) is 2.97. The van der Waals surface area contributed by atoms with Gasteiger partial charge in [-0.3, -0.25) is 4.18 Å². The maximum Gasteiger partial charge on any atom is 0.426 e. The Balaban J connectivity index is 2.24. The number of nitrogens with zero attached hydrogens (tertiary/aromatic N) is 1. The van der Waals surface area contributed by atoms with Gasteiger partial charge in [-0.15, -0.1) is 0 Å². The van der Waals surface area contributed by atoms with E-state index in [1.165, 1.54) is 0 Å². The molecule has 0 aliphatic carbocycles. The normalized spacial score (nSPS) is 20.9. The van der Waals surface area contributed by atoms with Crippen LogP contribution in [0.2, 0.25) is 5.02 Å². The largest absolute Gasteiger partial charge is 0.443 e. The van der Waals surface area contributed by atoms with Crippen LogP contribution in [0.1, 0.15) is 26.3 Å². The molecule has 1 aliphatic rings. The summed E-state index contributed by atoms with van der Waals surface area (Å²) in [5.41, 5.74) is -0.0622. The third kappa shape index (κ3) is 3.91. The highest BCUT2D eigenvalue weighted by Gasteiger charge is 2.44. The fraction of sp³-hybridized carbons (Fsp3) is 0.500. The first-order valence-electron chi connectivity index (χ1n) is 6.75. The molecule has 1 fully saturated rings. The molecule has 0 saturated carbocycles. The molecule has 22 heavy (non-hydrogen) atoms. The van der Waals surface area contributed by atoms with Crippen molar-refractivity contribution >= 4 is 28.0 Å². The predicted octanol–water partition coefficient (Wildman–Crippen LogP) is 2.76. The van der Waals surface area contributed by atoms with Gasteiger partial charge < -0.3 is 4.74 Å². The molecule has 0 bridgehead atoms. The zero-order valence-electron chi connectivity index (χ0n) is 12.6. The smallest absolute Gasteiger partial charge is 0.426 e. The molecule has 1 saturated heterocycles. The van der Waals surface area contributed by atoms with Crippen molar-refractivity contribution in [2.45, 2.75) is 38.8 Å². The number of hydrogen-bond donors (Lipinski definition) is 0. The maximum absolute atomic E-state index is 12.2. The number of carbonyl (C=O) groups is 1. The van der Waals surface area contributed by atoms with E-state index in [9.17, 15) is 13.2 Å². The maximum atomic E-state index is 12.2. The van der Waals surface area contributed by atoms with E-state index in [1.807, 2.05) is 0 Å². The summed E-state index contributed by atoms with van der Waals surface area (Å²) in [4.78, 5) is 12.2. The van der Waals surface area contributed by atoms with Crippen LogP contribution < -0.4 is 0 Å². The van der Waals surface area contributed by atoms with Gasteiger partial charge >= 0.3 is 16.4 Å². The Labute approximate surface area is 135 Å². The lowest BCUT2D eigenvalue weighted by molar-refractivity contribution is 0.0357. The highest BCUT2D eigenvalue weighted by Crippen LogP contribution is 2.27. The molecule has 8 heteroatoms. The van der Waals surface area contributed by atoms with Crippen molar-refractivity contribution in [2.24, 2.45) is 0 Å². The molecule has 1 unspecified atom stereocenters. The number of amides is 1. The first-order chi connectivity index (χ1) is 10.1. The molecule has 6 nitrogen and oxygen atoms in total. The molecule has 0 aromatic heterocycles. The van der Waals surface area contributed by atoms with E-state index in [1.54, 1.807) is 45.0 Å². The van der Waals surface area contributed by atoms with Gasteiger partial charge in [0, 0.05) is 5.02 Å². The molecule has 2 rings (SSSR count). The van der Waals surface area contributed by atoms with Gasteiger partial charge in [-0.1, -0.05) is 29.8 Å². The van der Waals surface area contributed by atoms with E-state index < -0.39 is 28.0 Å². The van der Waals surface area contributed by atoms with Crippen molar-refractivity contribution in [3.63, 3.8) is 0 Å². The summed E-state index contributed by atoms with van der Waals surface area (Å²) in [6.45, 7) is 4.87. The highest BCUT2D eigenvalue weighted by atomic mass is 35.5. The molecule has 1 atom stereocenters.